The van der Waals surface area contributed by atoms with E-state index in [1.807, 2.05) is 19.1 Å². The van der Waals surface area contributed by atoms with Gasteiger partial charge in [-0.15, -0.1) is 0 Å². The van der Waals surface area contributed by atoms with E-state index >= 15 is 0 Å². The highest BCUT2D eigenvalue weighted by molar-refractivity contribution is 6.32. The molecular weight excluding hydrogens is 562 g/mol. The van der Waals surface area contributed by atoms with Crippen molar-refractivity contribution >= 4 is 45.7 Å². The molecule has 0 amide bonds. The van der Waals surface area contributed by atoms with Gasteiger partial charge in [0, 0.05) is 0 Å². The number of esters is 1. The van der Waals surface area contributed by atoms with Crippen LogP contribution in [0.4, 0.5) is 0 Å². The first-order valence-electron chi connectivity index (χ1n) is 13.3. The standard InChI is InChI=1S/C31H28ClN3O7/c1-5-39-26-15-19(14-22(32)28(26)41-18(3)31(37)40-6-2)17-33-35-29(34-23-11-8-7-10-20(23)30(35)36)27-16-21-24(38-4)12-9-13-25(21)42-27/h7-18H,5-6H2,1-4H3/t18-/m0/s1. The molecule has 0 radical (unpaired) electrons. The van der Waals surface area contributed by atoms with Gasteiger partial charge in [-0.2, -0.15) is 9.78 Å². The summed E-state index contributed by atoms with van der Waals surface area (Å²) < 4.78 is 29.3. The first-order valence-corrected chi connectivity index (χ1v) is 13.6. The van der Waals surface area contributed by atoms with Crippen LogP contribution in [0.2, 0.25) is 5.02 Å². The third-order valence-electron chi connectivity index (χ3n) is 6.28. The van der Waals surface area contributed by atoms with E-state index in [1.165, 1.54) is 10.9 Å². The van der Waals surface area contributed by atoms with Crippen LogP contribution in [0.1, 0.15) is 26.3 Å². The molecule has 5 rings (SSSR count). The highest BCUT2D eigenvalue weighted by atomic mass is 35.5. The number of hydrogen-bond acceptors (Lipinski definition) is 9. The highest BCUT2D eigenvalue weighted by Gasteiger charge is 2.22. The summed E-state index contributed by atoms with van der Waals surface area (Å²) in [7, 11) is 1.57. The lowest BCUT2D eigenvalue weighted by Gasteiger charge is -2.18. The number of benzene rings is 3. The van der Waals surface area contributed by atoms with E-state index < -0.39 is 17.6 Å². The van der Waals surface area contributed by atoms with Crippen molar-refractivity contribution in [3.05, 3.63) is 81.6 Å². The van der Waals surface area contributed by atoms with Crippen molar-refractivity contribution in [2.75, 3.05) is 20.3 Å². The van der Waals surface area contributed by atoms with Crippen LogP contribution in [-0.4, -0.2) is 48.3 Å². The van der Waals surface area contributed by atoms with E-state index in [4.69, 9.17) is 39.9 Å². The van der Waals surface area contributed by atoms with Crippen LogP contribution in [0.5, 0.6) is 17.2 Å². The van der Waals surface area contributed by atoms with E-state index in [0.29, 0.717) is 45.9 Å². The molecule has 0 N–H and O–H groups in total. The number of fused-ring (bicyclic) bond motifs is 2. The van der Waals surface area contributed by atoms with Gasteiger partial charge in [-0.05, 0) is 68.8 Å². The second-order valence-corrected chi connectivity index (χ2v) is 9.48. The molecule has 216 valence electrons. The van der Waals surface area contributed by atoms with Crippen molar-refractivity contribution in [3.8, 4) is 28.8 Å². The number of carbonyl (C=O) groups excluding carboxylic acids is 1. The van der Waals surface area contributed by atoms with Crippen LogP contribution >= 0.6 is 11.6 Å². The van der Waals surface area contributed by atoms with Crippen molar-refractivity contribution in [1.82, 2.24) is 9.66 Å². The monoisotopic (exact) mass is 589 g/mol. The maximum atomic E-state index is 13.6. The largest absolute Gasteiger partial charge is 0.496 e. The van der Waals surface area contributed by atoms with E-state index in [-0.39, 0.29) is 23.2 Å². The highest BCUT2D eigenvalue weighted by Crippen LogP contribution is 2.37. The van der Waals surface area contributed by atoms with Crippen molar-refractivity contribution < 1.29 is 28.2 Å². The van der Waals surface area contributed by atoms with Crippen LogP contribution in [0.15, 0.2) is 75.0 Å². The fourth-order valence-corrected chi connectivity index (χ4v) is 4.63. The minimum atomic E-state index is -0.909. The third-order valence-corrected chi connectivity index (χ3v) is 6.56. The van der Waals surface area contributed by atoms with E-state index in [9.17, 15) is 9.59 Å². The molecule has 2 heterocycles. The van der Waals surface area contributed by atoms with Crippen molar-refractivity contribution in [2.24, 2.45) is 5.10 Å². The summed E-state index contributed by atoms with van der Waals surface area (Å²) in [5.41, 5.74) is 1.19. The zero-order valence-electron chi connectivity index (χ0n) is 23.4. The molecule has 0 unspecified atom stereocenters. The Morgan fingerprint density at radius 1 is 1.07 bits per heavy atom. The Bertz CT molecular complexity index is 1860. The van der Waals surface area contributed by atoms with Gasteiger partial charge >= 0.3 is 5.97 Å². The average molecular weight is 590 g/mol. The zero-order chi connectivity index (χ0) is 29.8. The number of methoxy groups -OCH3 is 1. The maximum absolute atomic E-state index is 13.6. The summed E-state index contributed by atoms with van der Waals surface area (Å²) in [6.45, 7) is 5.62. The number of aromatic nitrogens is 2. The number of rotatable bonds is 10. The normalized spacial score (nSPS) is 12.1. The molecule has 11 heteroatoms. The Labute approximate surface area is 246 Å². The number of ether oxygens (including phenoxy) is 4. The minimum Gasteiger partial charge on any atom is -0.496 e. The molecular formula is C31H28ClN3O7. The lowest BCUT2D eigenvalue weighted by Crippen LogP contribution is -2.26. The molecule has 0 spiro atoms. The Hall–Kier alpha value is -4.83. The van der Waals surface area contributed by atoms with Gasteiger partial charge in [0.25, 0.3) is 5.56 Å². The van der Waals surface area contributed by atoms with Crippen LogP contribution in [0.3, 0.4) is 0 Å². The van der Waals surface area contributed by atoms with E-state index in [0.717, 1.165) is 5.39 Å². The van der Waals surface area contributed by atoms with Gasteiger partial charge in [-0.1, -0.05) is 29.8 Å². The summed E-state index contributed by atoms with van der Waals surface area (Å²) in [5.74, 6) is 1.12. The predicted molar refractivity (Wildman–Crippen MR) is 160 cm³/mol. The second-order valence-electron chi connectivity index (χ2n) is 9.07. The first kappa shape index (κ1) is 28.7. The molecule has 10 nitrogen and oxygen atoms in total. The van der Waals surface area contributed by atoms with Gasteiger partial charge in [0.05, 0.1) is 47.8 Å². The van der Waals surface area contributed by atoms with Gasteiger partial charge in [-0.25, -0.2) is 9.78 Å². The SMILES string of the molecule is CCOC(=O)[C@H](C)Oc1c(Cl)cc(C=Nn2c(-c3cc4c(OC)cccc4o3)nc3ccccc3c2=O)cc1OCC. The molecule has 3 aromatic carbocycles. The van der Waals surface area contributed by atoms with Crippen LogP contribution in [-0.2, 0) is 9.53 Å². The number of halogens is 1. The number of carbonyl (C=O) groups is 1. The van der Waals surface area contributed by atoms with Crippen molar-refractivity contribution in [3.63, 3.8) is 0 Å². The molecule has 0 aliphatic carbocycles. The summed E-state index contributed by atoms with van der Waals surface area (Å²) >= 11 is 6.56. The van der Waals surface area contributed by atoms with E-state index in [2.05, 4.69) is 5.10 Å². The lowest BCUT2D eigenvalue weighted by molar-refractivity contribution is -0.150. The lowest BCUT2D eigenvalue weighted by atomic mass is 10.2. The molecule has 0 fully saturated rings. The molecule has 0 aliphatic heterocycles. The molecule has 0 aliphatic rings. The smallest absolute Gasteiger partial charge is 0.347 e. The van der Waals surface area contributed by atoms with Gasteiger partial charge in [0.2, 0.25) is 5.82 Å². The maximum Gasteiger partial charge on any atom is 0.347 e. The van der Waals surface area contributed by atoms with Crippen LogP contribution in [0, 0.1) is 0 Å². The summed E-state index contributed by atoms with van der Waals surface area (Å²) in [4.78, 5) is 30.5. The van der Waals surface area contributed by atoms with Gasteiger partial charge in [-0.3, -0.25) is 4.79 Å². The topological polar surface area (TPSA) is 114 Å². The van der Waals surface area contributed by atoms with E-state index in [1.54, 1.807) is 69.5 Å². The van der Waals surface area contributed by atoms with Crippen LogP contribution < -0.4 is 19.8 Å². The third kappa shape index (κ3) is 5.66. The fraction of sp³-hybridized carbons (Fsp3) is 0.226. The fourth-order valence-electron chi connectivity index (χ4n) is 4.36. The molecule has 1 atom stereocenters. The molecule has 0 saturated heterocycles. The number of nitrogens with zero attached hydrogens (tertiary/aromatic N) is 3. The van der Waals surface area contributed by atoms with Gasteiger partial charge < -0.3 is 23.4 Å². The van der Waals surface area contributed by atoms with Crippen molar-refractivity contribution in [2.45, 2.75) is 26.9 Å². The Morgan fingerprint density at radius 3 is 2.64 bits per heavy atom. The van der Waals surface area contributed by atoms with Crippen LogP contribution in [0.25, 0.3) is 33.5 Å². The van der Waals surface area contributed by atoms with Gasteiger partial charge in [0.1, 0.15) is 11.3 Å². The summed E-state index contributed by atoms with van der Waals surface area (Å²) in [6, 6.07) is 17.4. The number of furan rings is 1. The average Bonchev–Trinajstić information content (AvgIpc) is 3.43. The number of para-hydroxylation sites is 1. The second kappa shape index (κ2) is 12.4. The number of hydrogen-bond donors (Lipinski definition) is 0. The molecule has 5 aromatic rings. The Kier molecular flexibility index (Phi) is 8.44. The molecule has 0 saturated carbocycles. The summed E-state index contributed by atoms with van der Waals surface area (Å²) in [5, 5.41) is 5.80. The Morgan fingerprint density at radius 2 is 1.88 bits per heavy atom. The summed E-state index contributed by atoms with van der Waals surface area (Å²) in [6.07, 6.45) is 0.547. The Balaban J connectivity index is 1.60. The minimum absolute atomic E-state index is 0.187. The first-order chi connectivity index (χ1) is 20.3. The molecule has 2 aromatic heterocycles. The molecule has 0 bridgehead atoms. The zero-order valence-corrected chi connectivity index (χ0v) is 24.2. The predicted octanol–water partition coefficient (Wildman–Crippen LogP) is 6.08. The quantitative estimate of drug-likeness (QED) is 0.142. The molecule has 42 heavy (non-hydrogen) atoms. The van der Waals surface area contributed by atoms with Crippen molar-refractivity contribution in [1.29, 1.82) is 0 Å². The van der Waals surface area contributed by atoms with Gasteiger partial charge in [0.15, 0.2) is 23.4 Å².